The summed E-state index contributed by atoms with van der Waals surface area (Å²) in [5.74, 6) is 1.39. The van der Waals surface area contributed by atoms with Crippen LogP contribution in [0.3, 0.4) is 0 Å². The number of aliphatic imine (C=N–C) groups is 1. The van der Waals surface area contributed by atoms with Crippen LogP contribution < -0.4 is 15.4 Å². The van der Waals surface area contributed by atoms with E-state index in [1.165, 1.54) is 5.56 Å². The van der Waals surface area contributed by atoms with Gasteiger partial charge < -0.3 is 15.4 Å². The minimum atomic E-state index is 0.171. The van der Waals surface area contributed by atoms with Crippen molar-refractivity contribution >= 4 is 5.96 Å². The van der Waals surface area contributed by atoms with Crippen molar-refractivity contribution in [2.45, 2.75) is 26.4 Å². The topological polar surface area (TPSA) is 58.5 Å². The van der Waals surface area contributed by atoms with Gasteiger partial charge in [0.25, 0.3) is 0 Å². The van der Waals surface area contributed by atoms with E-state index >= 15 is 0 Å². The van der Waals surface area contributed by atoms with E-state index in [0.717, 1.165) is 18.1 Å². The number of nitrogens with zero attached hydrogens (tertiary/aromatic N) is 2. The van der Waals surface area contributed by atoms with Crippen LogP contribution in [0.25, 0.3) is 0 Å². The van der Waals surface area contributed by atoms with E-state index in [1.807, 2.05) is 30.3 Å². The quantitative estimate of drug-likeness (QED) is 0.636. The van der Waals surface area contributed by atoms with Crippen molar-refractivity contribution in [3.63, 3.8) is 0 Å². The van der Waals surface area contributed by atoms with Crippen molar-refractivity contribution < 1.29 is 4.74 Å². The number of hydrogen-bond acceptors (Lipinski definition) is 3. The highest BCUT2D eigenvalue weighted by Gasteiger charge is 2.08. The van der Waals surface area contributed by atoms with Gasteiger partial charge in [-0.3, -0.25) is 0 Å². The molecule has 122 valence electrons. The number of rotatable bonds is 6. The van der Waals surface area contributed by atoms with Gasteiger partial charge in [-0.2, -0.15) is 0 Å². The summed E-state index contributed by atoms with van der Waals surface area (Å²) in [7, 11) is 1.62. The first-order valence-electron chi connectivity index (χ1n) is 7.82. The van der Waals surface area contributed by atoms with Crippen LogP contribution in [-0.2, 0) is 6.54 Å². The maximum absolute atomic E-state index is 5.27. The van der Waals surface area contributed by atoms with Crippen molar-refractivity contribution in [3.8, 4) is 5.88 Å². The lowest BCUT2D eigenvalue weighted by atomic mass is 10.1. The number of guanidine groups is 1. The van der Waals surface area contributed by atoms with Crippen LogP contribution >= 0.6 is 0 Å². The summed E-state index contributed by atoms with van der Waals surface area (Å²) in [4.78, 5) is 8.83. The van der Waals surface area contributed by atoms with Crippen LogP contribution in [0.2, 0.25) is 0 Å². The van der Waals surface area contributed by atoms with Crippen LogP contribution in [-0.4, -0.2) is 24.6 Å². The van der Waals surface area contributed by atoms with Crippen molar-refractivity contribution in [1.82, 2.24) is 15.6 Å². The average molecular weight is 312 g/mol. The Kier molecular flexibility index (Phi) is 6.41. The molecule has 1 atom stereocenters. The van der Waals surface area contributed by atoms with E-state index in [9.17, 15) is 0 Å². The molecule has 0 spiro atoms. The Morgan fingerprint density at radius 1 is 1.22 bits per heavy atom. The SMILES string of the molecule is CCNC(=NCc1cccnc1OC)NC(C)c1ccccc1. The lowest BCUT2D eigenvalue weighted by Crippen LogP contribution is -2.38. The molecule has 1 unspecified atom stereocenters. The monoisotopic (exact) mass is 312 g/mol. The number of aromatic nitrogens is 1. The number of nitrogens with one attached hydrogen (secondary N) is 2. The third-order valence-electron chi connectivity index (χ3n) is 3.45. The first kappa shape index (κ1) is 16.8. The number of pyridine rings is 1. The van der Waals surface area contributed by atoms with E-state index in [0.29, 0.717) is 12.4 Å². The molecule has 0 bridgehead atoms. The van der Waals surface area contributed by atoms with Crippen molar-refractivity contribution in [1.29, 1.82) is 0 Å². The molecule has 1 aromatic carbocycles. The Labute approximate surface area is 137 Å². The Bertz CT molecular complexity index is 628. The van der Waals surface area contributed by atoms with Crippen LogP contribution in [0, 0.1) is 0 Å². The molecule has 5 heteroatoms. The van der Waals surface area contributed by atoms with E-state index in [1.54, 1.807) is 13.3 Å². The maximum Gasteiger partial charge on any atom is 0.218 e. The van der Waals surface area contributed by atoms with E-state index in [-0.39, 0.29) is 6.04 Å². The van der Waals surface area contributed by atoms with Gasteiger partial charge in [0.1, 0.15) is 0 Å². The molecule has 0 aliphatic rings. The standard InChI is InChI=1S/C18H24N4O/c1-4-19-18(22-14(2)15-9-6-5-7-10-15)21-13-16-11-8-12-20-17(16)23-3/h5-12,14H,4,13H2,1-3H3,(H2,19,21,22). The average Bonchev–Trinajstić information content (AvgIpc) is 2.60. The normalized spacial score (nSPS) is 12.6. The molecule has 0 amide bonds. The summed E-state index contributed by atoms with van der Waals surface area (Å²) < 4.78 is 5.27. The Balaban J connectivity index is 2.08. The second kappa shape index (κ2) is 8.78. The molecule has 0 radical (unpaired) electrons. The number of hydrogen-bond donors (Lipinski definition) is 2. The largest absolute Gasteiger partial charge is 0.481 e. The lowest BCUT2D eigenvalue weighted by molar-refractivity contribution is 0.392. The summed E-state index contributed by atoms with van der Waals surface area (Å²) in [6.45, 7) is 5.48. The smallest absolute Gasteiger partial charge is 0.218 e. The molecule has 2 N–H and O–H groups in total. The predicted molar refractivity (Wildman–Crippen MR) is 93.6 cm³/mol. The summed E-state index contributed by atoms with van der Waals surface area (Å²) >= 11 is 0. The molecular formula is C18H24N4O. The number of benzene rings is 1. The summed E-state index contributed by atoms with van der Waals surface area (Å²) in [6, 6.07) is 14.3. The molecule has 2 rings (SSSR count). The van der Waals surface area contributed by atoms with Crippen LogP contribution in [0.15, 0.2) is 53.7 Å². The number of ether oxygens (including phenoxy) is 1. The molecule has 2 aromatic rings. The first-order chi connectivity index (χ1) is 11.2. The van der Waals surface area contributed by atoms with Crippen LogP contribution in [0.5, 0.6) is 5.88 Å². The summed E-state index contributed by atoms with van der Waals surface area (Å²) in [5.41, 5.74) is 2.18. The molecule has 0 aliphatic carbocycles. The van der Waals surface area contributed by atoms with Gasteiger partial charge in [0.15, 0.2) is 5.96 Å². The lowest BCUT2D eigenvalue weighted by Gasteiger charge is -2.18. The van der Waals surface area contributed by atoms with Gasteiger partial charge in [0, 0.05) is 18.3 Å². The fourth-order valence-electron chi connectivity index (χ4n) is 2.24. The molecule has 1 heterocycles. The van der Waals surface area contributed by atoms with Gasteiger partial charge >= 0.3 is 0 Å². The second-order valence-corrected chi connectivity index (χ2v) is 5.14. The highest BCUT2D eigenvalue weighted by Crippen LogP contribution is 2.15. The third-order valence-corrected chi connectivity index (χ3v) is 3.45. The van der Waals surface area contributed by atoms with Gasteiger partial charge in [0.05, 0.1) is 19.7 Å². The molecule has 0 saturated heterocycles. The van der Waals surface area contributed by atoms with E-state index in [4.69, 9.17) is 4.74 Å². The fraction of sp³-hybridized carbons (Fsp3) is 0.333. The maximum atomic E-state index is 5.27. The summed E-state index contributed by atoms with van der Waals surface area (Å²) in [5, 5.41) is 6.69. The van der Waals surface area contributed by atoms with Crippen molar-refractivity contribution in [2.75, 3.05) is 13.7 Å². The fourth-order valence-corrected chi connectivity index (χ4v) is 2.24. The minimum absolute atomic E-state index is 0.171. The van der Waals surface area contributed by atoms with E-state index < -0.39 is 0 Å². The van der Waals surface area contributed by atoms with Gasteiger partial charge in [-0.1, -0.05) is 36.4 Å². The van der Waals surface area contributed by atoms with Crippen molar-refractivity contribution in [2.24, 2.45) is 4.99 Å². The Morgan fingerprint density at radius 3 is 2.70 bits per heavy atom. The van der Waals surface area contributed by atoms with Gasteiger partial charge in [-0.05, 0) is 25.5 Å². The molecular weight excluding hydrogens is 288 g/mol. The van der Waals surface area contributed by atoms with Gasteiger partial charge in [-0.15, -0.1) is 0 Å². The zero-order valence-electron chi connectivity index (χ0n) is 13.9. The molecule has 0 saturated carbocycles. The second-order valence-electron chi connectivity index (χ2n) is 5.14. The van der Waals surface area contributed by atoms with Gasteiger partial charge in [-0.25, -0.2) is 9.98 Å². The molecule has 1 aromatic heterocycles. The Hall–Kier alpha value is -2.56. The van der Waals surface area contributed by atoms with Gasteiger partial charge in [0.2, 0.25) is 5.88 Å². The first-order valence-corrected chi connectivity index (χ1v) is 7.82. The zero-order chi connectivity index (χ0) is 16.5. The Morgan fingerprint density at radius 2 is 2.00 bits per heavy atom. The van der Waals surface area contributed by atoms with Crippen LogP contribution in [0.1, 0.15) is 31.0 Å². The predicted octanol–water partition coefficient (Wildman–Crippen LogP) is 2.91. The minimum Gasteiger partial charge on any atom is -0.481 e. The molecule has 5 nitrogen and oxygen atoms in total. The molecule has 23 heavy (non-hydrogen) atoms. The highest BCUT2D eigenvalue weighted by atomic mass is 16.5. The summed E-state index contributed by atoms with van der Waals surface area (Å²) in [6.07, 6.45) is 1.72. The van der Waals surface area contributed by atoms with Crippen LogP contribution in [0.4, 0.5) is 0 Å². The number of methoxy groups -OCH3 is 1. The molecule has 0 fully saturated rings. The molecule has 0 aliphatic heterocycles. The van der Waals surface area contributed by atoms with E-state index in [2.05, 4.69) is 46.6 Å². The highest BCUT2D eigenvalue weighted by molar-refractivity contribution is 5.80. The van der Waals surface area contributed by atoms with Crippen molar-refractivity contribution in [3.05, 3.63) is 59.8 Å². The third kappa shape index (κ3) is 4.98. The zero-order valence-corrected chi connectivity index (χ0v) is 13.9.